The molecular formula is C16H23NO4. The number of carboxylic acid groups (broad SMARTS) is 1. The third-order valence-electron chi connectivity index (χ3n) is 3.90. The second kappa shape index (κ2) is 6.89. The van der Waals surface area contributed by atoms with Crippen LogP contribution in [0.15, 0.2) is 16.9 Å². The van der Waals surface area contributed by atoms with Crippen LogP contribution >= 0.6 is 0 Å². The van der Waals surface area contributed by atoms with Crippen LogP contribution in [0.3, 0.4) is 0 Å². The number of pyridine rings is 1. The maximum atomic E-state index is 12.6. The third kappa shape index (κ3) is 3.94. The van der Waals surface area contributed by atoms with Gasteiger partial charge in [0.05, 0.1) is 12.6 Å². The summed E-state index contributed by atoms with van der Waals surface area (Å²) in [6.45, 7) is 5.43. The highest BCUT2D eigenvalue weighted by molar-refractivity contribution is 5.67. The SMILES string of the molecule is CC(C)c1ccc(CCC(=O)O)c(=O)n1CC1CCCO1. The molecule has 1 atom stereocenters. The molecule has 1 aliphatic rings. The largest absolute Gasteiger partial charge is 0.481 e. The lowest BCUT2D eigenvalue weighted by atomic mass is 10.1. The van der Waals surface area contributed by atoms with Crippen molar-refractivity contribution < 1.29 is 14.6 Å². The Morgan fingerprint density at radius 1 is 1.48 bits per heavy atom. The van der Waals surface area contributed by atoms with Gasteiger partial charge in [-0.25, -0.2) is 0 Å². The average Bonchev–Trinajstić information content (AvgIpc) is 2.92. The van der Waals surface area contributed by atoms with Gasteiger partial charge in [-0.15, -0.1) is 0 Å². The molecule has 2 heterocycles. The fourth-order valence-electron chi connectivity index (χ4n) is 2.75. The Bertz CT molecular complexity index is 556. The van der Waals surface area contributed by atoms with Crippen molar-refractivity contribution in [3.63, 3.8) is 0 Å². The van der Waals surface area contributed by atoms with Crippen molar-refractivity contribution in [3.8, 4) is 0 Å². The molecule has 0 spiro atoms. The Morgan fingerprint density at radius 3 is 2.81 bits per heavy atom. The summed E-state index contributed by atoms with van der Waals surface area (Å²) in [5.74, 6) is -0.638. The summed E-state index contributed by atoms with van der Waals surface area (Å²) in [5, 5.41) is 8.78. The molecule has 0 aliphatic carbocycles. The Morgan fingerprint density at radius 2 is 2.24 bits per heavy atom. The highest BCUT2D eigenvalue weighted by Gasteiger charge is 2.20. The number of aromatic nitrogens is 1. The lowest BCUT2D eigenvalue weighted by molar-refractivity contribution is -0.136. The number of aliphatic carboxylic acids is 1. The fourth-order valence-corrected chi connectivity index (χ4v) is 2.75. The summed E-state index contributed by atoms with van der Waals surface area (Å²) in [7, 11) is 0. The summed E-state index contributed by atoms with van der Waals surface area (Å²) in [4.78, 5) is 23.3. The van der Waals surface area contributed by atoms with Gasteiger partial charge in [0.15, 0.2) is 0 Å². The molecule has 0 bridgehead atoms. The summed E-state index contributed by atoms with van der Waals surface area (Å²) in [6, 6.07) is 3.71. The van der Waals surface area contributed by atoms with Crippen molar-refractivity contribution in [1.82, 2.24) is 4.57 Å². The average molecular weight is 293 g/mol. The van der Waals surface area contributed by atoms with Gasteiger partial charge in [0.25, 0.3) is 5.56 Å². The van der Waals surface area contributed by atoms with Gasteiger partial charge in [-0.05, 0) is 31.2 Å². The first kappa shape index (κ1) is 15.8. The first-order valence-electron chi connectivity index (χ1n) is 7.55. The predicted octanol–water partition coefficient (Wildman–Crippen LogP) is 2.17. The smallest absolute Gasteiger partial charge is 0.303 e. The van der Waals surface area contributed by atoms with Gasteiger partial charge in [-0.3, -0.25) is 9.59 Å². The zero-order chi connectivity index (χ0) is 15.4. The zero-order valence-corrected chi connectivity index (χ0v) is 12.7. The molecule has 0 radical (unpaired) electrons. The Hall–Kier alpha value is -1.62. The van der Waals surface area contributed by atoms with Crippen LogP contribution in [0.4, 0.5) is 0 Å². The molecule has 1 N–H and O–H groups in total. The van der Waals surface area contributed by atoms with Crippen molar-refractivity contribution in [1.29, 1.82) is 0 Å². The van der Waals surface area contributed by atoms with Crippen molar-refractivity contribution >= 4 is 5.97 Å². The molecule has 116 valence electrons. The van der Waals surface area contributed by atoms with Crippen LogP contribution in [0.5, 0.6) is 0 Å². The maximum Gasteiger partial charge on any atom is 0.303 e. The van der Waals surface area contributed by atoms with Gasteiger partial charge in [-0.2, -0.15) is 0 Å². The molecule has 1 unspecified atom stereocenters. The van der Waals surface area contributed by atoms with Crippen molar-refractivity contribution in [2.75, 3.05) is 6.61 Å². The molecule has 0 saturated carbocycles. The van der Waals surface area contributed by atoms with Gasteiger partial charge < -0.3 is 14.4 Å². The quantitative estimate of drug-likeness (QED) is 0.872. The molecule has 1 aromatic rings. The van der Waals surface area contributed by atoms with Crippen molar-refractivity contribution in [3.05, 3.63) is 33.7 Å². The molecule has 1 aromatic heterocycles. The highest BCUT2D eigenvalue weighted by Crippen LogP contribution is 2.18. The van der Waals surface area contributed by atoms with E-state index in [4.69, 9.17) is 9.84 Å². The Labute approximate surface area is 124 Å². The second-order valence-corrected chi connectivity index (χ2v) is 5.88. The van der Waals surface area contributed by atoms with Crippen molar-refractivity contribution in [2.45, 2.75) is 58.1 Å². The monoisotopic (exact) mass is 293 g/mol. The molecule has 0 amide bonds. The molecule has 5 heteroatoms. The number of aryl methyl sites for hydroxylation is 1. The van der Waals surface area contributed by atoms with E-state index in [1.165, 1.54) is 0 Å². The minimum absolute atomic E-state index is 0.0177. The Kier molecular flexibility index (Phi) is 5.17. The van der Waals surface area contributed by atoms with Crippen LogP contribution < -0.4 is 5.56 Å². The zero-order valence-electron chi connectivity index (χ0n) is 12.7. The summed E-state index contributed by atoms with van der Waals surface area (Å²) in [5.41, 5.74) is 1.48. The summed E-state index contributed by atoms with van der Waals surface area (Å²) in [6.07, 6.45) is 2.36. The van der Waals surface area contributed by atoms with E-state index in [0.29, 0.717) is 12.1 Å². The van der Waals surface area contributed by atoms with Crippen LogP contribution in [-0.2, 0) is 22.5 Å². The Balaban J connectivity index is 2.30. The van der Waals surface area contributed by atoms with Crippen LogP contribution in [0.1, 0.15) is 50.3 Å². The minimum Gasteiger partial charge on any atom is -0.481 e. The van der Waals surface area contributed by atoms with E-state index in [9.17, 15) is 9.59 Å². The van der Waals surface area contributed by atoms with Crippen LogP contribution in [-0.4, -0.2) is 28.4 Å². The van der Waals surface area contributed by atoms with Gasteiger partial charge in [-0.1, -0.05) is 19.9 Å². The third-order valence-corrected chi connectivity index (χ3v) is 3.90. The van der Waals surface area contributed by atoms with Crippen LogP contribution in [0.25, 0.3) is 0 Å². The van der Waals surface area contributed by atoms with Gasteiger partial charge in [0.1, 0.15) is 0 Å². The van der Waals surface area contributed by atoms with E-state index in [1.54, 1.807) is 10.6 Å². The second-order valence-electron chi connectivity index (χ2n) is 5.88. The molecule has 0 aromatic carbocycles. The molecule has 1 saturated heterocycles. The van der Waals surface area contributed by atoms with Crippen LogP contribution in [0.2, 0.25) is 0 Å². The van der Waals surface area contributed by atoms with E-state index in [-0.39, 0.29) is 30.4 Å². The molecule has 1 fully saturated rings. The number of rotatable bonds is 6. The molecule has 1 aliphatic heterocycles. The van der Waals surface area contributed by atoms with Gasteiger partial charge >= 0.3 is 5.97 Å². The molecule has 21 heavy (non-hydrogen) atoms. The fraction of sp³-hybridized carbons (Fsp3) is 0.625. The van der Waals surface area contributed by atoms with Crippen LogP contribution in [0, 0.1) is 0 Å². The van der Waals surface area contributed by atoms with E-state index in [2.05, 4.69) is 13.8 Å². The minimum atomic E-state index is -0.881. The van der Waals surface area contributed by atoms with E-state index < -0.39 is 5.97 Å². The first-order valence-corrected chi connectivity index (χ1v) is 7.55. The normalized spacial score (nSPS) is 18.3. The number of carboxylic acids is 1. The number of carbonyl (C=O) groups is 1. The highest BCUT2D eigenvalue weighted by atomic mass is 16.5. The number of nitrogens with zero attached hydrogens (tertiary/aromatic N) is 1. The standard InChI is InChI=1S/C16H23NO4/c1-11(2)14-7-5-12(6-8-15(18)19)16(20)17(14)10-13-4-3-9-21-13/h5,7,11,13H,3-4,6,8-10H2,1-2H3,(H,18,19). The summed E-state index contributed by atoms with van der Waals surface area (Å²) < 4.78 is 7.41. The van der Waals surface area contributed by atoms with E-state index in [0.717, 1.165) is 25.1 Å². The lowest BCUT2D eigenvalue weighted by Gasteiger charge is -2.19. The molecule has 2 rings (SSSR count). The van der Waals surface area contributed by atoms with E-state index in [1.807, 2.05) is 6.07 Å². The topological polar surface area (TPSA) is 68.5 Å². The molecule has 5 nitrogen and oxygen atoms in total. The lowest BCUT2D eigenvalue weighted by Crippen LogP contribution is -2.31. The molecular weight excluding hydrogens is 270 g/mol. The first-order chi connectivity index (χ1) is 9.99. The van der Waals surface area contributed by atoms with Crippen molar-refractivity contribution in [2.24, 2.45) is 0 Å². The predicted molar refractivity (Wildman–Crippen MR) is 79.7 cm³/mol. The number of hydrogen-bond donors (Lipinski definition) is 1. The maximum absolute atomic E-state index is 12.6. The van der Waals surface area contributed by atoms with E-state index >= 15 is 0 Å². The van der Waals surface area contributed by atoms with Gasteiger partial charge in [0, 0.05) is 24.3 Å². The number of ether oxygens (including phenoxy) is 1. The van der Waals surface area contributed by atoms with Gasteiger partial charge in [0.2, 0.25) is 0 Å². The summed E-state index contributed by atoms with van der Waals surface area (Å²) >= 11 is 0. The number of hydrogen-bond acceptors (Lipinski definition) is 3.